The third kappa shape index (κ3) is 3.58. The number of nitro benzene ring substituents is 1. The molecule has 2 aromatic carbocycles. The van der Waals surface area contributed by atoms with Gasteiger partial charge in [0.2, 0.25) is 11.7 Å². The molecule has 1 heterocycles. The van der Waals surface area contributed by atoms with Crippen LogP contribution in [0.15, 0.2) is 36.4 Å². The Morgan fingerprint density at radius 3 is 2.62 bits per heavy atom. The first-order valence-corrected chi connectivity index (χ1v) is 8.14. The number of rotatable bonds is 6. The van der Waals surface area contributed by atoms with Crippen molar-refractivity contribution in [2.24, 2.45) is 0 Å². The Bertz CT molecular complexity index is 839. The number of amides is 1. The van der Waals surface area contributed by atoms with Gasteiger partial charge in [0.05, 0.1) is 12.0 Å². The van der Waals surface area contributed by atoms with Gasteiger partial charge in [0.15, 0.2) is 0 Å². The Morgan fingerprint density at radius 2 is 2.04 bits per heavy atom. The molecule has 0 atom stereocenters. The van der Waals surface area contributed by atoms with Crippen molar-refractivity contribution in [2.75, 3.05) is 23.9 Å². The fourth-order valence-electron chi connectivity index (χ4n) is 2.92. The standard InChI is InChI=1S/C18H18FN3O4/c1-26-14-9-15(19)18(22(24)25)16(10-14)20-11-12-4-6-13(7-5-12)21-8-2-3-17(21)23/h4-7,9-10,20H,2-3,8,11H2,1H3. The van der Waals surface area contributed by atoms with E-state index in [0.717, 1.165) is 23.7 Å². The molecule has 1 aliphatic heterocycles. The lowest BCUT2D eigenvalue weighted by Gasteiger charge is -2.16. The van der Waals surface area contributed by atoms with E-state index in [2.05, 4.69) is 5.32 Å². The van der Waals surface area contributed by atoms with Crippen LogP contribution in [0.4, 0.5) is 21.5 Å². The van der Waals surface area contributed by atoms with Crippen molar-refractivity contribution in [3.8, 4) is 5.75 Å². The van der Waals surface area contributed by atoms with Gasteiger partial charge in [-0.1, -0.05) is 12.1 Å². The Morgan fingerprint density at radius 1 is 1.31 bits per heavy atom. The van der Waals surface area contributed by atoms with Crippen molar-refractivity contribution in [2.45, 2.75) is 19.4 Å². The van der Waals surface area contributed by atoms with Crippen molar-refractivity contribution < 1.29 is 18.8 Å². The quantitative estimate of drug-likeness (QED) is 0.630. The second kappa shape index (κ2) is 7.38. The van der Waals surface area contributed by atoms with Crippen molar-refractivity contribution in [3.63, 3.8) is 0 Å². The molecule has 1 N–H and O–H groups in total. The van der Waals surface area contributed by atoms with Crippen LogP contribution in [0.5, 0.6) is 5.75 Å². The topological polar surface area (TPSA) is 84.7 Å². The maximum atomic E-state index is 13.9. The van der Waals surface area contributed by atoms with E-state index in [1.165, 1.54) is 13.2 Å². The number of carbonyl (C=O) groups excluding carboxylic acids is 1. The first kappa shape index (κ1) is 17.7. The molecule has 1 amide bonds. The number of hydrogen-bond acceptors (Lipinski definition) is 5. The number of anilines is 2. The number of nitrogens with one attached hydrogen (secondary N) is 1. The van der Waals surface area contributed by atoms with Crippen LogP contribution in [0.1, 0.15) is 18.4 Å². The molecule has 8 heteroatoms. The number of hydrogen-bond donors (Lipinski definition) is 1. The SMILES string of the molecule is COc1cc(F)c([N+](=O)[O-])c(NCc2ccc(N3CCCC3=O)cc2)c1. The number of halogens is 1. The molecular weight excluding hydrogens is 341 g/mol. The molecule has 0 saturated carbocycles. The fraction of sp³-hybridized carbons (Fsp3) is 0.278. The lowest BCUT2D eigenvalue weighted by atomic mass is 10.1. The highest BCUT2D eigenvalue weighted by molar-refractivity contribution is 5.95. The summed E-state index contributed by atoms with van der Waals surface area (Å²) < 4.78 is 18.9. The number of carbonyl (C=O) groups is 1. The molecule has 26 heavy (non-hydrogen) atoms. The molecule has 136 valence electrons. The van der Waals surface area contributed by atoms with Crippen molar-refractivity contribution in [3.05, 3.63) is 57.9 Å². The van der Waals surface area contributed by atoms with Gasteiger partial charge in [0.1, 0.15) is 11.4 Å². The van der Waals surface area contributed by atoms with Gasteiger partial charge in [0, 0.05) is 37.3 Å². The normalized spacial score (nSPS) is 13.8. The summed E-state index contributed by atoms with van der Waals surface area (Å²) in [6, 6.07) is 9.69. The third-order valence-electron chi connectivity index (χ3n) is 4.26. The second-order valence-electron chi connectivity index (χ2n) is 5.93. The summed E-state index contributed by atoms with van der Waals surface area (Å²) in [6.07, 6.45) is 1.42. The number of methoxy groups -OCH3 is 1. The first-order valence-electron chi connectivity index (χ1n) is 8.14. The zero-order valence-electron chi connectivity index (χ0n) is 14.2. The van der Waals surface area contributed by atoms with E-state index < -0.39 is 16.4 Å². The molecule has 1 aliphatic rings. The number of ether oxygens (including phenoxy) is 1. The minimum Gasteiger partial charge on any atom is -0.497 e. The summed E-state index contributed by atoms with van der Waals surface area (Å²) in [5.41, 5.74) is 1.10. The number of benzene rings is 2. The molecule has 2 aromatic rings. The van der Waals surface area contributed by atoms with Crippen LogP contribution >= 0.6 is 0 Å². The minimum absolute atomic E-state index is 0.0469. The Hall–Kier alpha value is -3.16. The molecule has 0 bridgehead atoms. The fourth-order valence-corrected chi connectivity index (χ4v) is 2.92. The number of nitrogens with zero attached hydrogens (tertiary/aromatic N) is 2. The molecule has 0 spiro atoms. The van der Waals surface area contributed by atoms with Crippen molar-refractivity contribution in [1.82, 2.24) is 0 Å². The summed E-state index contributed by atoms with van der Waals surface area (Å²) >= 11 is 0. The van der Waals surface area contributed by atoms with Gasteiger partial charge < -0.3 is 15.0 Å². The van der Waals surface area contributed by atoms with E-state index in [4.69, 9.17) is 4.74 Å². The van der Waals surface area contributed by atoms with Gasteiger partial charge in [-0.2, -0.15) is 4.39 Å². The van der Waals surface area contributed by atoms with Crippen LogP contribution in [-0.4, -0.2) is 24.5 Å². The summed E-state index contributed by atoms with van der Waals surface area (Å²) in [4.78, 5) is 23.9. The predicted octanol–water partition coefficient (Wildman–Crippen LogP) is 3.48. The largest absolute Gasteiger partial charge is 0.497 e. The Balaban J connectivity index is 1.75. The van der Waals surface area contributed by atoms with Crippen LogP contribution in [0.2, 0.25) is 0 Å². The van der Waals surface area contributed by atoms with Crippen LogP contribution in [0.3, 0.4) is 0 Å². The summed E-state index contributed by atoms with van der Waals surface area (Å²) in [5.74, 6) is -0.656. The molecule has 0 unspecified atom stereocenters. The third-order valence-corrected chi connectivity index (χ3v) is 4.26. The maximum Gasteiger partial charge on any atom is 0.327 e. The van der Waals surface area contributed by atoms with Gasteiger partial charge in [-0.3, -0.25) is 14.9 Å². The van der Waals surface area contributed by atoms with Crippen molar-refractivity contribution in [1.29, 1.82) is 0 Å². The summed E-state index contributed by atoms with van der Waals surface area (Å²) in [6.45, 7) is 0.980. The Labute approximate surface area is 149 Å². The molecule has 3 rings (SSSR count). The van der Waals surface area contributed by atoms with Gasteiger partial charge in [-0.25, -0.2) is 0 Å². The predicted molar refractivity (Wildman–Crippen MR) is 95.0 cm³/mol. The van der Waals surface area contributed by atoms with E-state index in [1.54, 1.807) is 4.90 Å². The van der Waals surface area contributed by atoms with E-state index in [9.17, 15) is 19.3 Å². The minimum atomic E-state index is -0.959. The van der Waals surface area contributed by atoms with Gasteiger partial charge >= 0.3 is 5.69 Å². The molecule has 0 aliphatic carbocycles. The van der Waals surface area contributed by atoms with Crippen LogP contribution < -0.4 is 15.0 Å². The molecule has 7 nitrogen and oxygen atoms in total. The van der Waals surface area contributed by atoms with Gasteiger partial charge in [-0.15, -0.1) is 0 Å². The Kier molecular flexibility index (Phi) is 5.01. The molecular formula is C18H18FN3O4. The first-order chi connectivity index (χ1) is 12.5. The second-order valence-corrected chi connectivity index (χ2v) is 5.93. The van der Waals surface area contributed by atoms with Gasteiger partial charge in [-0.05, 0) is 24.1 Å². The molecule has 1 fully saturated rings. The van der Waals surface area contributed by atoms with Gasteiger partial charge in [0.25, 0.3) is 0 Å². The maximum absolute atomic E-state index is 13.9. The number of nitro groups is 1. The highest BCUT2D eigenvalue weighted by Crippen LogP contribution is 2.32. The highest BCUT2D eigenvalue weighted by Gasteiger charge is 2.23. The zero-order chi connectivity index (χ0) is 18.7. The van der Waals surface area contributed by atoms with E-state index in [0.29, 0.717) is 13.0 Å². The van der Waals surface area contributed by atoms with Crippen LogP contribution in [0, 0.1) is 15.9 Å². The molecule has 0 aromatic heterocycles. The summed E-state index contributed by atoms with van der Waals surface area (Å²) in [7, 11) is 1.36. The lowest BCUT2D eigenvalue weighted by Crippen LogP contribution is -2.23. The highest BCUT2D eigenvalue weighted by atomic mass is 19.1. The van der Waals surface area contributed by atoms with E-state index in [-0.39, 0.29) is 23.9 Å². The average molecular weight is 359 g/mol. The molecule has 1 saturated heterocycles. The smallest absolute Gasteiger partial charge is 0.327 e. The lowest BCUT2D eigenvalue weighted by molar-refractivity contribution is -0.386. The summed E-state index contributed by atoms with van der Waals surface area (Å²) in [5, 5.41) is 14.0. The average Bonchev–Trinajstić information content (AvgIpc) is 3.05. The van der Waals surface area contributed by atoms with Crippen LogP contribution in [0.25, 0.3) is 0 Å². The van der Waals surface area contributed by atoms with Crippen molar-refractivity contribution >= 4 is 23.0 Å². The zero-order valence-corrected chi connectivity index (χ0v) is 14.2. The van der Waals surface area contributed by atoms with E-state index >= 15 is 0 Å². The monoisotopic (exact) mass is 359 g/mol. The molecule has 0 radical (unpaired) electrons. The van der Waals surface area contributed by atoms with Crippen LogP contribution in [-0.2, 0) is 11.3 Å². The van der Waals surface area contributed by atoms with E-state index in [1.807, 2.05) is 24.3 Å².